The van der Waals surface area contributed by atoms with Crippen LogP contribution in [0.25, 0.3) is 0 Å². The molecule has 0 aliphatic heterocycles. The van der Waals surface area contributed by atoms with Crippen molar-refractivity contribution in [2.45, 2.75) is 12.8 Å². The highest BCUT2D eigenvalue weighted by atomic mass is 79.9. The Morgan fingerprint density at radius 1 is 1.36 bits per heavy atom. The van der Waals surface area contributed by atoms with Gasteiger partial charge in [0.25, 0.3) is 0 Å². The van der Waals surface area contributed by atoms with Crippen molar-refractivity contribution in [3.05, 3.63) is 28.5 Å². The van der Waals surface area contributed by atoms with Gasteiger partial charge in [-0.2, -0.15) is 0 Å². The Hall–Kier alpha value is -0.610. The van der Waals surface area contributed by atoms with E-state index in [-0.39, 0.29) is 12.4 Å². The van der Waals surface area contributed by atoms with E-state index in [9.17, 15) is 4.39 Å². The molecule has 0 bridgehead atoms. The van der Waals surface area contributed by atoms with E-state index in [1.165, 1.54) is 6.07 Å². The van der Waals surface area contributed by atoms with Crippen LogP contribution in [-0.4, -0.2) is 18.3 Å². The molecule has 0 radical (unpaired) electrons. The highest BCUT2D eigenvalue weighted by Crippen LogP contribution is 2.27. The van der Waals surface area contributed by atoms with Crippen LogP contribution in [0.15, 0.2) is 22.7 Å². The van der Waals surface area contributed by atoms with Gasteiger partial charge in [0.05, 0.1) is 11.1 Å². The van der Waals surface area contributed by atoms with Crippen LogP contribution in [0.3, 0.4) is 0 Å². The van der Waals surface area contributed by atoms with Gasteiger partial charge in [0, 0.05) is 6.61 Å². The third-order valence-corrected chi connectivity index (χ3v) is 2.50. The lowest BCUT2D eigenvalue weighted by molar-refractivity contribution is 0.252. The Labute approximate surface area is 90.8 Å². The van der Waals surface area contributed by atoms with Gasteiger partial charge in [-0.25, -0.2) is 4.39 Å². The number of rotatable bonds is 5. The molecule has 0 aliphatic rings. The Morgan fingerprint density at radius 2 is 2.14 bits per heavy atom. The van der Waals surface area contributed by atoms with Gasteiger partial charge < -0.3 is 9.84 Å². The Kier molecular flexibility index (Phi) is 4.90. The number of benzene rings is 1. The summed E-state index contributed by atoms with van der Waals surface area (Å²) in [4.78, 5) is 0. The van der Waals surface area contributed by atoms with Crippen LogP contribution in [0.2, 0.25) is 0 Å². The summed E-state index contributed by atoms with van der Waals surface area (Å²) in [5, 5.41) is 8.54. The molecule has 1 aromatic rings. The van der Waals surface area contributed by atoms with Crippen molar-refractivity contribution < 1.29 is 14.2 Å². The normalized spacial score (nSPS) is 10.2. The number of ether oxygens (including phenoxy) is 1. The summed E-state index contributed by atoms with van der Waals surface area (Å²) in [5.41, 5.74) is 0. The Balaban J connectivity index is 2.46. The minimum Gasteiger partial charge on any atom is -0.492 e. The molecule has 0 amide bonds. The summed E-state index contributed by atoms with van der Waals surface area (Å²) in [6.45, 7) is 0.649. The summed E-state index contributed by atoms with van der Waals surface area (Å²) >= 11 is 3.10. The minimum atomic E-state index is -0.329. The van der Waals surface area contributed by atoms with Gasteiger partial charge >= 0.3 is 0 Å². The second kappa shape index (κ2) is 5.98. The van der Waals surface area contributed by atoms with Crippen LogP contribution in [0.1, 0.15) is 12.8 Å². The van der Waals surface area contributed by atoms with Gasteiger partial charge in [0.1, 0.15) is 11.6 Å². The Morgan fingerprint density at radius 3 is 2.86 bits per heavy atom. The fraction of sp³-hybridized carbons (Fsp3) is 0.400. The molecular formula is C10H12BrFO2. The molecule has 0 spiro atoms. The number of aliphatic hydroxyl groups is 1. The van der Waals surface area contributed by atoms with Crippen LogP contribution in [-0.2, 0) is 0 Å². The molecule has 0 saturated heterocycles. The van der Waals surface area contributed by atoms with E-state index in [0.717, 1.165) is 6.42 Å². The molecule has 0 unspecified atom stereocenters. The summed E-state index contributed by atoms with van der Waals surface area (Å²) in [6, 6.07) is 4.66. The molecular weight excluding hydrogens is 251 g/mol. The smallest absolute Gasteiger partial charge is 0.141 e. The maximum Gasteiger partial charge on any atom is 0.141 e. The van der Waals surface area contributed by atoms with Crippen LogP contribution in [0.4, 0.5) is 4.39 Å². The largest absolute Gasteiger partial charge is 0.492 e. The molecule has 2 nitrogen and oxygen atoms in total. The van der Waals surface area contributed by atoms with Crippen LogP contribution in [0.5, 0.6) is 5.75 Å². The van der Waals surface area contributed by atoms with Crippen molar-refractivity contribution in [1.29, 1.82) is 0 Å². The topological polar surface area (TPSA) is 29.5 Å². The summed E-state index contributed by atoms with van der Waals surface area (Å²) in [5.74, 6) is 0.174. The van der Waals surface area contributed by atoms with Gasteiger partial charge in [-0.3, -0.25) is 0 Å². The standard InChI is InChI=1S/C10H12BrFO2/c11-10-8(12)4-3-5-9(10)14-7-2-1-6-13/h3-5,13H,1-2,6-7H2. The van der Waals surface area contributed by atoms with Gasteiger partial charge in [-0.05, 0) is 40.9 Å². The number of hydrogen-bond acceptors (Lipinski definition) is 2. The molecule has 0 fully saturated rings. The molecule has 78 valence electrons. The lowest BCUT2D eigenvalue weighted by atomic mass is 10.3. The maximum absolute atomic E-state index is 13.0. The average molecular weight is 263 g/mol. The minimum absolute atomic E-state index is 0.160. The molecule has 4 heteroatoms. The number of unbranched alkanes of at least 4 members (excludes halogenated alkanes) is 1. The first-order valence-electron chi connectivity index (χ1n) is 4.43. The quantitative estimate of drug-likeness (QED) is 0.828. The van der Waals surface area contributed by atoms with E-state index < -0.39 is 0 Å². The Bertz CT molecular complexity index is 291. The molecule has 0 aromatic heterocycles. The maximum atomic E-state index is 13.0. The number of halogens is 2. The molecule has 14 heavy (non-hydrogen) atoms. The van der Waals surface area contributed by atoms with Gasteiger partial charge in [-0.1, -0.05) is 6.07 Å². The zero-order valence-electron chi connectivity index (χ0n) is 7.67. The van der Waals surface area contributed by atoms with E-state index in [4.69, 9.17) is 9.84 Å². The first-order valence-corrected chi connectivity index (χ1v) is 5.22. The lowest BCUT2D eigenvalue weighted by Gasteiger charge is -2.07. The van der Waals surface area contributed by atoms with E-state index >= 15 is 0 Å². The molecule has 0 saturated carbocycles. The van der Waals surface area contributed by atoms with E-state index in [1.54, 1.807) is 12.1 Å². The lowest BCUT2D eigenvalue weighted by Crippen LogP contribution is -1.99. The van der Waals surface area contributed by atoms with Crippen molar-refractivity contribution in [1.82, 2.24) is 0 Å². The van der Waals surface area contributed by atoms with Gasteiger partial charge in [-0.15, -0.1) is 0 Å². The zero-order chi connectivity index (χ0) is 10.4. The average Bonchev–Trinajstić information content (AvgIpc) is 2.19. The van der Waals surface area contributed by atoms with Crippen molar-refractivity contribution in [3.63, 3.8) is 0 Å². The molecule has 1 N–H and O–H groups in total. The monoisotopic (exact) mass is 262 g/mol. The number of aliphatic hydroxyl groups excluding tert-OH is 1. The van der Waals surface area contributed by atoms with Gasteiger partial charge in [0.15, 0.2) is 0 Å². The fourth-order valence-corrected chi connectivity index (χ4v) is 1.37. The summed E-state index contributed by atoms with van der Waals surface area (Å²) in [7, 11) is 0. The van der Waals surface area contributed by atoms with Gasteiger partial charge in [0.2, 0.25) is 0 Å². The van der Waals surface area contributed by atoms with E-state index in [1.807, 2.05) is 0 Å². The number of hydrogen-bond donors (Lipinski definition) is 1. The molecule has 0 heterocycles. The summed E-state index contributed by atoms with van der Waals surface area (Å²) < 4.78 is 18.7. The molecule has 1 rings (SSSR count). The van der Waals surface area contributed by atoms with E-state index in [0.29, 0.717) is 23.2 Å². The van der Waals surface area contributed by atoms with Crippen molar-refractivity contribution in [3.8, 4) is 5.75 Å². The van der Waals surface area contributed by atoms with E-state index in [2.05, 4.69) is 15.9 Å². The predicted molar refractivity (Wildman–Crippen MR) is 55.9 cm³/mol. The highest BCUT2D eigenvalue weighted by Gasteiger charge is 2.05. The van der Waals surface area contributed by atoms with Crippen LogP contribution >= 0.6 is 15.9 Å². The fourth-order valence-electron chi connectivity index (χ4n) is 0.991. The first kappa shape index (κ1) is 11.5. The molecule has 0 atom stereocenters. The molecule has 0 aliphatic carbocycles. The highest BCUT2D eigenvalue weighted by molar-refractivity contribution is 9.10. The van der Waals surface area contributed by atoms with Crippen molar-refractivity contribution >= 4 is 15.9 Å². The summed E-state index contributed by atoms with van der Waals surface area (Å²) in [6.07, 6.45) is 1.46. The zero-order valence-corrected chi connectivity index (χ0v) is 9.26. The van der Waals surface area contributed by atoms with Crippen LogP contribution in [0, 0.1) is 5.82 Å². The van der Waals surface area contributed by atoms with Crippen molar-refractivity contribution in [2.75, 3.05) is 13.2 Å². The third-order valence-electron chi connectivity index (χ3n) is 1.73. The SMILES string of the molecule is OCCCCOc1cccc(F)c1Br. The third kappa shape index (κ3) is 3.27. The first-order chi connectivity index (χ1) is 6.75. The predicted octanol–water partition coefficient (Wildman–Crippen LogP) is 2.74. The van der Waals surface area contributed by atoms with Crippen LogP contribution < -0.4 is 4.74 Å². The second-order valence-electron chi connectivity index (χ2n) is 2.83. The molecule has 1 aromatic carbocycles. The second-order valence-corrected chi connectivity index (χ2v) is 3.62. The van der Waals surface area contributed by atoms with Crippen molar-refractivity contribution in [2.24, 2.45) is 0 Å².